The van der Waals surface area contributed by atoms with Crippen LogP contribution in [-0.2, 0) is 9.53 Å². The molecule has 14 heavy (non-hydrogen) atoms. The number of rotatable bonds is 1. The van der Waals surface area contributed by atoms with Crippen LogP contribution in [0.3, 0.4) is 0 Å². The largest absolute Gasteiger partial charge is 0.464 e. The molecule has 0 saturated carbocycles. The van der Waals surface area contributed by atoms with Crippen molar-refractivity contribution < 1.29 is 9.53 Å². The second kappa shape index (κ2) is 3.87. The van der Waals surface area contributed by atoms with Crippen LogP contribution < -0.4 is 5.32 Å². The maximum atomic E-state index is 11.5. The lowest BCUT2D eigenvalue weighted by atomic mass is 10.0. The number of ether oxygens (including phenoxy) is 1. The Kier molecular flexibility index (Phi) is 2.74. The summed E-state index contributed by atoms with van der Waals surface area (Å²) in [6.07, 6.45) is 0.855. The van der Waals surface area contributed by atoms with Crippen LogP contribution in [0.25, 0.3) is 0 Å². The molecule has 0 aromatic heterocycles. The lowest BCUT2D eigenvalue weighted by Gasteiger charge is -2.41. The van der Waals surface area contributed by atoms with E-state index < -0.39 is 0 Å². The fourth-order valence-corrected chi connectivity index (χ4v) is 2.52. The van der Waals surface area contributed by atoms with Crippen LogP contribution in [0.15, 0.2) is 0 Å². The molecule has 1 N–H and O–H groups in total. The van der Waals surface area contributed by atoms with Gasteiger partial charge in [-0.25, -0.2) is 0 Å². The van der Waals surface area contributed by atoms with E-state index in [1.807, 2.05) is 0 Å². The van der Waals surface area contributed by atoms with E-state index in [1.165, 1.54) is 0 Å². The van der Waals surface area contributed by atoms with E-state index in [0.717, 1.165) is 19.5 Å². The Morgan fingerprint density at radius 2 is 2.00 bits per heavy atom. The zero-order valence-corrected chi connectivity index (χ0v) is 8.82. The highest BCUT2D eigenvalue weighted by molar-refractivity contribution is 5.77. The predicted molar refractivity (Wildman–Crippen MR) is 53.0 cm³/mol. The first-order valence-electron chi connectivity index (χ1n) is 5.35. The summed E-state index contributed by atoms with van der Waals surface area (Å²) < 4.78 is 5.01. The fourth-order valence-electron chi connectivity index (χ4n) is 2.52. The molecule has 0 aromatic rings. The van der Waals surface area contributed by atoms with Gasteiger partial charge in [0.05, 0.1) is 6.61 Å². The van der Waals surface area contributed by atoms with E-state index in [4.69, 9.17) is 4.74 Å². The van der Waals surface area contributed by atoms with E-state index in [2.05, 4.69) is 24.1 Å². The number of nitrogens with one attached hydrogen (secondary N) is 1. The molecule has 2 rings (SSSR count). The monoisotopic (exact) mass is 198 g/mol. The number of carbonyl (C=O) groups excluding carboxylic acids is 1. The molecule has 0 amide bonds. The molecular weight excluding hydrogens is 180 g/mol. The number of hydrogen-bond donors (Lipinski definition) is 1. The van der Waals surface area contributed by atoms with Gasteiger partial charge in [0.25, 0.3) is 0 Å². The van der Waals surface area contributed by atoms with Gasteiger partial charge < -0.3 is 10.1 Å². The Morgan fingerprint density at radius 3 is 2.50 bits per heavy atom. The third-order valence-electron chi connectivity index (χ3n) is 3.16. The van der Waals surface area contributed by atoms with E-state index in [9.17, 15) is 4.79 Å². The second-order valence-electron chi connectivity index (χ2n) is 4.28. The van der Waals surface area contributed by atoms with Gasteiger partial charge in [0.2, 0.25) is 0 Å². The normalized spacial score (nSPS) is 39.9. The second-order valence-corrected chi connectivity index (χ2v) is 4.28. The molecule has 2 heterocycles. The van der Waals surface area contributed by atoms with Crippen molar-refractivity contribution in [3.8, 4) is 0 Å². The summed E-state index contributed by atoms with van der Waals surface area (Å²) in [5.74, 6) is -0.0365. The quantitative estimate of drug-likeness (QED) is 0.601. The van der Waals surface area contributed by atoms with Crippen LogP contribution >= 0.6 is 0 Å². The van der Waals surface area contributed by atoms with Crippen LogP contribution in [0.5, 0.6) is 0 Å². The number of piperazine rings is 1. The minimum atomic E-state index is -0.0365. The molecule has 0 bridgehead atoms. The van der Waals surface area contributed by atoms with Crippen LogP contribution in [0.1, 0.15) is 20.3 Å². The molecule has 0 radical (unpaired) electrons. The summed E-state index contributed by atoms with van der Waals surface area (Å²) in [6.45, 7) is 6.84. The number of carbonyl (C=O) groups is 1. The Labute approximate surface area is 84.6 Å². The van der Waals surface area contributed by atoms with Crippen LogP contribution in [0, 0.1) is 0 Å². The summed E-state index contributed by atoms with van der Waals surface area (Å²) in [4.78, 5) is 13.8. The summed E-state index contributed by atoms with van der Waals surface area (Å²) in [6, 6.07) is 0.853. The maximum Gasteiger partial charge on any atom is 0.323 e. The number of hydrogen-bond acceptors (Lipinski definition) is 4. The maximum absolute atomic E-state index is 11.5. The smallest absolute Gasteiger partial charge is 0.323 e. The van der Waals surface area contributed by atoms with Gasteiger partial charge in [0.1, 0.15) is 6.04 Å². The van der Waals surface area contributed by atoms with Crippen molar-refractivity contribution in [2.75, 3.05) is 19.7 Å². The summed E-state index contributed by atoms with van der Waals surface area (Å²) in [5, 5.41) is 3.36. The van der Waals surface area contributed by atoms with E-state index in [0.29, 0.717) is 18.7 Å². The molecule has 0 aliphatic carbocycles. The molecule has 80 valence electrons. The first kappa shape index (κ1) is 9.93. The zero-order valence-electron chi connectivity index (χ0n) is 8.82. The first-order chi connectivity index (χ1) is 6.70. The Hall–Kier alpha value is -0.610. The van der Waals surface area contributed by atoms with Crippen molar-refractivity contribution in [2.45, 2.75) is 38.4 Å². The van der Waals surface area contributed by atoms with Crippen LogP contribution in [0.2, 0.25) is 0 Å². The van der Waals surface area contributed by atoms with Crippen molar-refractivity contribution in [3.63, 3.8) is 0 Å². The van der Waals surface area contributed by atoms with Gasteiger partial charge in [-0.2, -0.15) is 0 Å². The molecule has 4 heteroatoms. The topological polar surface area (TPSA) is 41.6 Å². The molecule has 0 aromatic carbocycles. The third-order valence-corrected chi connectivity index (χ3v) is 3.16. The minimum absolute atomic E-state index is 0.00194. The predicted octanol–water partition coefficient (Wildman–Crippen LogP) is -0.0159. The van der Waals surface area contributed by atoms with Crippen LogP contribution in [-0.4, -0.2) is 48.7 Å². The first-order valence-corrected chi connectivity index (χ1v) is 5.35. The standard InChI is InChI=1S/C10H18N2O2/c1-7-5-11-6-8(2)12(7)9-3-4-14-10(9)13/h7-9,11H,3-6H2,1-2H3. The summed E-state index contributed by atoms with van der Waals surface area (Å²) in [5.41, 5.74) is 0. The van der Waals surface area contributed by atoms with E-state index >= 15 is 0 Å². The van der Waals surface area contributed by atoms with Gasteiger partial charge in [-0.05, 0) is 13.8 Å². The summed E-state index contributed by atoms with van der Waals surface area (Å²) >= 11 is 0. The molecule has 3 atom stereocenters. The fraction of sp³-hybridized carbons (Fsp3) is 0.900. The van der Waals surface area contributed by atoms with Crippen molar-refractivity contribution >= 4 is 5.97 Å². The van der Waals surface area contributed by atoms with Crippen molar-refractivity contribution in [1.82, 2.24) is 10.2 Å². The summed E-state index contributed by atoms with van der Waals surface area (Å²) in [7, 11) is 0. The van der Waals surface area contributed by atoms with Crippen molar-refractivity contribution in [1.29, 1.82) is 0 Å². The third kappa shape index (κ3) is 1.64. The molecule has 4 nitrogen and oxygen atoms in total. The highest BCUT2D eigenvalue weighted by atomic mass is 16.5. The molecule has 2 aliphatic rings. The van der Waals surface area contributed by atoms with Crippen molar-refractivity contribution in [2.24, 2.45) is 0 Å². The number of esters is 1. The van der Waals surface area contributed by atoms with Gasteiger partial charge in [0, 0.05) is 31.6 Å². The van der Waals surface area contributed by atoms with E-state index in [-0.39, 0.29) is 12.0 Å². The minimum Gasteiger partial charge on any atom is -0.464 e. The van der Waals surface area contributed by atoms with Crippen LogP contribution in [0.4, 0.5) is 0 Å². The molecule has 2 aliphatic heterocycles. The number of cyclic esters (lactones) is 1. The Bertz CT molecular complexity index is 222. The lowest BCUT2D eigenvalue weighted by Crippen LogP contribution is -2.59. The van der Waals surface area contributed by atoms with Gasteiger partial charge in [0.15, 0.2) is 0 Å². The average molecular weight is 198 g/mol. The van der Waals surface area contributed by atoms with Crippen molar-refractivity contribution in [3.05, 3.63) is 0 Å². The number of nitrogens with zero attached hydrogens (tertiary/aromatic N) is 1. The molecule has 2 saturated heterocycles. The molecular formula is C10H18N2O2. The zero-order chi connectivity index (χ0) is 10.1. The van der Waals surface area contributed by atoms with Gasteiger partial charge in [-0.1, -0.05) is 0 Å². The Morgan fingerprint density at radius 1 is 1.36 bits per heavy atom. The highest BCUT2D eigenvalue weighted by Gasteiger charge is 2.38. The van der Waals surface area contributed by atoms with Gasteiger partial charge >= 0.3 is 5.97 Å². The molecule has 3 unspecified atom stereocenters. The highest BCUT2D eigenvalue weighted by Crippen LogP contribution is 2.21. The van der Waals surface area contributed by atoms with Gasteiger partial charge in [-0.15, -0.1) is 0 Å². The molecule has 0 spiro atoms. The van der Waals surface area contributed by atoms with E-state index in [1.54, 1.807) is 0 Å². The SMILES string of the molecule is CC1CNCC(C)N1C1CCOC1=O. The van der Waals surface area contributed by atoms with Gasteiger partial charge in [-0.3, -0.25) is 9.69 Å². The lowest BCUT2D eigenvalue weighted by molar-refractivity contribution is -0.144. The Balaban J connectivity index is 2.09. The molecule has 2 fully saturated rings. The average Bonchev–Trinajstić information content (AvgIpc) is 2.52.